The maximum Gasteiger partial charge on any atom is 0.0755 e. The van der Waals surface area contributed by atoms with Gasteiger partial charge in [-0.05, 0) is 125 Å². The van der Waals surface area contributed by atoms with Gasteiger partial charge in [-0.3, -0.25) is 0 Å². The lowest BCUT2D eigenvalue weighted by atomic mass is 9.65. The van der Waals surface area contributed by atoms with Crippen molar-refractivity contribution < 1.29 is 0 Å². The fourth-order valence-corrected chi connectivity index (χ4v) is 15.7. The average molecular weight is 1010 g/mol. The Morgan fingerprint density at radius 3 is 1.44 bits per heavy atom. The van der Waals surface area contributed by atoms with E-state index >= 15 is 0 Å². The summed E-state index contributed by atoms with van der Waals surface area (Å²) in [7, 11) is 0. The highest BCUT2D eigenvalue weighted by Crippen LogP contribution is 2.67. The lowest BCUT2D eigenvalue weighted by Crippen LogP contribution is -2.33. The van der Waals surface area contributed by atoms with Crippen molar-refractivity contribution >= 4 is 49.6 Å². The quantitative estimate of drug-likeness (QED) is 0.167. The number of hydrogen-bond donors (Lipinski definition) is 0. The van der Waals surface area contributed by atoms with Crippen LogP contribution in [0.2, 0.25) is 0 Å². The van der Waals surface area contributed by atoms with Crippen LogP contribution < -0.4 is 4.90 Å². The van der Waals surface area contributed by atoms with Crippen molar-refractivity contribution in [3.8, 4) is 61.3 Å². The van der Waals surface area contributed by atoms with Crippen LogP contribution in [0.3, 0.4) is 0 Å². The molecule has 0 saturated carbocycles. The Hall–Kier alpha value is -10.3. The second kappa shape index (κ2) is 16.1. The molecule has 14 aromatic rings. The fourth-order valence-electron chi connectivity index (χ4n) is 15.7. The minimum Gasteiger partial charge on any atom is -0.309 e. The Bertz CT molecular complexity index is 4920. The van der Waals surface area contributed by atoms with Gasteiger partial charge in [0.15, 0.2) is 0 Å². The van der Waals surface area contributed by atoms with Crippen molar-refractivity contribution in [1.29, 1.82) is 0 Å². The maximum absolute atomic E-state index is 2.66. The van der Waals surface area contributed by atoms with Gasteiger partial charge in [0, 0.05) is 27.3 Å². The third-order valence-electron chi connectivity index (χ3n) is 18.6. The first-order chi connectivity index (χ1) is 39.7. The van der Waals surface area contributed by atoms with Gasteiger partial charge in [-0.25, -0.2) is 0 Å². The first kappa shape index (κ1) is 43.8. The molecule has 1 aromatic heterocycles. The molecule has 18 rings (SSSR count). The number of nitrogens with zero attached hydrogens (tertiary/aromatic N) is 2. The van der Waals surface area contributed by atoms with Crippen molar-refractivity contribution in [3.05, 3.63) is 336 Å². The normalized spacial score (nSPS) is 15.2. The van der Waals surface area contributed by atoms with Gasteiger partial charge in [0.1, 0.15) is 0 Å². The highest BCUT2D eigenvalue weighted by Gasteiger charge is 2.54. The van der Waals surface area contributed by atoms with Gasteiger partial charge in [0.25, 0.3) is 0 Å². The average Bonchev–Trinajstić information content (AvgIpc) is 4.31. The van der Waals surface area contributed by atoms with Gasteiger partial charge < -0.3 is 9.47 Å². The van der Waals surface area contributed by atoms with Crippen molar-refractivity contribution in [2.24, 2.45) is 0 Å². The Balaban J connectivity index is 0.978. The molecule has 2 heterocycles. The Morgan fingerprint density at radius 2 is 0.713 bits per heavy atom. The van der Waals surface area contributed by atoms with E-state index in [9.17, 15) is 0 Å². The molecule has 2 heteroatoms. The minimum atomic E-state index is -0.635. The molecular formula is C78H48N2. The standard InChI is InChI=1S/C78H48N2/c1-2-22-49(23-3-1)50-44-46-51(47-45-50)52-24-10-17-40-69(52)79(73-48-68-74(57-29-5-4-27-55(57)73)59-30-8-14-35-63(59)77(68)61-33-12-6-25-53(61)54-26-7-13-34-62(54)77)72-43-21-38-66-75(72)60-31-9-15-36-64(60)78(66)65-37-16-19-42-71(65)80-70-41-18-11-28-56(70)58-32-20-39-67(78)76(58)80/h1-48H. The number of benzene rings is 13. The van der Waals surface area contributed by atoms with E-state index in [2.05, 4.69) is 301 Å². The number of fused-ring (bicyclic) bond motifs is 24. The number of para-hydroxylation sites is 4. The molecule has 0 radical (unpaired) electrons. The summed E-state index contributed by atoms with van der Waals surface area (Å²) in [6, 6.07) is 110. The number of hydrogen-bond acceptors (Lipinski definition) is 1. The summed E-state index contributed by atoms with van der Waals surface area (Å²) in [6.45, 7) is 0. The number of aromatic nitrogens is 1. The zero-order valence-corrected chi connectivity index (χ0v) is 43.6. The predicted octanol–water partition coefficient (Wildman–Crippen LogP) is 19.8. The van der Waals surface area contributed by atoms with E-state index in [-0.39, 0.29) is 0 Å². The zero-order valence-electron chi connectivity index (χ0n) is 43.6. The number of anilines is 3. The van der Waals surface area contributed by atoms with Crippen LogP contribution in [0.5, 0.6) is 0 Å². The van der Waals surface area contributed by atoms with Crippen molar-refractivity contribution in [2.75, 3.05) is 4.90 Å². The summed E-state index contributed by atoms with van der Waals surface area (Å²) in [6.07, 6.45) is 0. The van der Waals surface area contributed by atoms with Crippen molar-refractivity contribution in [1.82, 2.24) is 4.57 Å². The van der Waals surface area contributed by atoms with E-state index in [0.717, 1.165) is 28.2 Å². The van der Waals surface area contributed by atoms with Crippen LogP contribution in [0.15, 0.2) is 291 Å². The van der Waals surface area contributed by atoms with Crippen molar-refractivity contribution in [2.45, 2.75) is 10.8 Å². The SMILES string of the molecule is c1ccc(-c2ccc(-c3ccccc3N(c3cccc4c3-c3ccccc3C43c4ccccc4-n4c5ccccc5c5cccc3c54)c3cc4c(c5ccccc35)-c3ccccc3C43c4ccccc4-c4ccccc43)cc2)cc1. The van der Waals surface area contributed by atoms with Gasteiger partial charge in [0.05, 0.1) is 44.6 Å². The molecule has 0 saturated heterocycles. The van der Waals surface area contributed by atoms with Crippen LogP contribution in [0.25, 0.3) is 93.9 Å². The van der Waals surface area contributed by atoms with E-state index in [0.29, 0.717) is 0 Å². The topological polar surface area (TPSA) is 8.17 Å². The molecule has 13 aromatic carbocycles. The molecule has 3 aliphatic carbocycles. The van der Waals surface area contributed by atoms with Gasteiger partial charge in [-0.2, -0.15) is 0 Å². The van der Waals surface area contributed by atoms with Gasteiger partial charge in [-0.1, -0.05) is 261 Å². The molecule has 80 heavy (non-hydrogen) atoms. The molecule has 2 spiro atoms. The van der Waals surface area contributed by atoms with E-state index in [1.54, 1.807) is 0 Å². The highest BCUT2D eigenvalue weighted by molar-refractivity contribution is 6.16. The molecule has 370 valence electrons. The van der Waals surface area contributed by atoms with Crippen molar-refractivity contribution in [3.63, 3.8) is 0 Å². The first-order valence-electron chi connectivity index (χ1n) is 28.0. The third kappa shape index (κ3) is 5.43. The molecule has 1 atom stereocenters. The second-order valence-corrected chi connectivity index (χ2v) is 22.1. The zero-order chi connectivity index (χ0) is 52.3. The second-order valence-electron chi connectivity index (χ2n) is 22.1. The molecule has 2 nitrogen and oxygen atoms in total. The van der Waals surface area contributed by atoms with Crippen LogP contribution in [0.1, 0.15) is 44.5 Å². The monoisotopic (exact) mass is 1010 g/mol. The first-order valence-corrected chi connectivity index (χ1v) is 28.0. The fraction of sp³-hybridized carbons (Fsp3) is 0.0256. The summed E-state index contributed by atoms with van der Waals surface area (Å²) < 4.78 is 2.54. The van der Waals surface area contributed by atoms with Crippen LogP contribution >= 0.6 is 0 Å². The van der Waals surface area contributed by atoms with Crippen LogP contribution in [-0.2, 0) is 10.8 Å². The molecule has 4 aliphatic rings. The maximum atomic E-state index is 2.66. The van der Waals surface area contributed by atoms with E-state index in [1.165, 1.54) is 127 Å². The molecule has 0 N–H and O–H groups in total. The van der Waals surface area contributed by atoms with Crippen LogP contribution in [0.4, 0.5) is 17.1 Å². The Labute approximate surface area is 464 Å². The van der Waals surface area contributed by atoms with Gasteiger partial charge in [-0.15, -0.1) is 0 Å². The summed E-state index contributed by atoms with van der Waals surface area (Å²) in [5.41, 5.74) is 28.8. The molecule has 0 bridgehead atoms. The lowest BCUT2D eigenvalue weighted by Gasteiger charge is -2.40. The summed E-state index contributed by atoms with van der Waals surface area (Å²) in [5.74, 6) is 0. The molecule has 0 fully saturated rings. The van der Waals surface area contributed by atoms with Crippen LogP contribution in [-0.4, -0.2) is 4.57 Å². The Kier molecular flexibility index (Phi) is 8.83. The van der Waals surface area contributed by atoms with Crippen LogP contribution in [0, 0.1) is 0 Å². The smallest absolute Gasteiger partial charge is 0.0755 e. The van der Waals surface area contributed by atoms with E-state index in [1.807, 2.05) is 0 Å². The lowest BCUT2D eigenvalue weighted by molar-refractivity contribution is 0.748. The largest absolute Gasteiger partial charge is 0.309 e. The summed E-state index contributed by atoms with van der Waals surface area (Å²) >= 11 is 0. The summed E-state index contributed by atoms with van der Waals surface area (Å²) in [5, 5.41) is 4.98. The third-order valence-corrected chi connectivity index (χ3v) is 18.6. The number of rotatable bonds is 5. The van der Waals surface area contributed by atoms with E-state index < -0.39 is 10.8 Å². The molecule has 1 unspecified atom stereocenters. The predicted molar refractivity (Wildman–Crippen MR) is 331 cm³/mol. The van der Waals surface area contributed by atoms with Gasteiger partial charge >= 0.3 is 0 Å². The molecular weight excluding hydrogens is 965 g/mol. The molecule has 1 aliphatic heterocycles. The van der Waals surface area contributed by atoms with E-state index in [4.69, 9.17) is 0 Å². The molecule has 0 amide bonds. The highest BCUT2D eigenvalue weighted by atomic mass is 15.2. The van der Waals surface area contributed by atoms with Gasteiger partial charge in [0.2, 0.25) is 0 Å². The Morgan fingerprint density at radius 1 is 0.250 bits per heavy atom. The summed E-state index contributed by atoms with van der Waals surface area (Å²) in [4.78, 5) is 2.66. The minimum absolute atomic E-state index is 0.561.